The van der Waals surface area contributed by atoms with Crippen LogP contribution >= 0.6 is 0 Å². The Hall–Kier alpha value is -1.07. The fourth-order valence-corrected chi connectivity index (χ4v) is 3.64. The molecule has 0 radical (unpaired) electrons. The monoisotopic (exact) mass is 282 g/mol. The van der Waals surface area contributed by atoms with E-state index in [4.69, 9.17) is 0 Å². The molecule has 1 aromatic carbocycles. The highest BCUT2D eigenvalue weighted by Gasteiger charge is 2.30. The summed E-state index contributed by atoms with van der Waals surface area (Å²) in [6.07, 6.45) is 4.57. The zero-order chi connectivity index (χ0) is 14.1. The number of nitrogens with one attached hydrogen (secondary N) is 1. The van der Waals surface area contributed by atoms with Gasteiger partial charge in [0.15, 0.2) is 0 Å². The summed E-state index contributed by atoms with van der Waals surface area (Å²) in [5, 5.41) is 3.44. The Morgan fingerprint density at radius 3 is 2.32 bits per heavy atom. The maximum atomic E-state index is 12.3. The SMILES string of the molecule is CN(C)S(=O)(=O)c1ccccc1NC1(C)CCCC1. The molecule has 5 heteroatoms. The molecule has 0 aliphatic heterocycles. The third-order valence-corrected chi connectivity index (χ3v) is 5.66. The van der Waals surface area contributed by atoms with Crippen LogP contribution in [-0.2, 0) is 10.0 Å². The molecule has 1 aromatic rings. The molecule has 0 heterocycles. The van der Waals surface area contributed by atoms with Crippen LogP contribution in [0.2, 0.25) is 0 Å². The van der Waals surface area contributed by atoms with E-state index in [-0.39, 0.29) is 5.54 Å². The minimum atomic E-state index is -3.41. The largest absolute Gasteiger partial charge is 0.379 e. The number of nitrogens with zero attached hydrogens (tertiary/aromatic N) is 1. The summed E-state index contributed by atoms with van der Waals surface area (Å²) >= 11 is 0. The zero-order valence-corrected chi connectivity index (χ0v) is 12.6. The predicted octanol–water partition coefficient (Wildman–Crippen LogP) is 2.68. The van der Waals surface area contributed by atoms with E-state index < -0.39 is 10.0 Å². The lowest BCUT2D eigenvalue weighted by atomic mass is 10.0. The molecule has 0 atom stereocenters. The standard InChI is InChI=1S/C14H22N2O2S/c1-14(10-6-7-11-14)15-12-8-4-5-9-13(12)19(17,18)16(2)3/h4-5,8-9,15H,6-7,10-11H2,1-3H3. The molecule has 0 saturated heterocycles. The van der Waals surface area contributed by atoms with Gasteiger partial charge in [0, 0.05) is 19.6 Å². The molecule has 4 nitrogen and oxygen atoms in total. The first kappa shape index (κ1) is 14.3. The Morgan fingerprint density at radius 1 is 1.16 bits per heavy atom. The zero-order valence-electron chi connectivity index (χ0n) is 11.8. The molecule has 1 fully saturated rings. The molecule has 106 valence electrons. The van der Waals surface area contributed by atoms with Gasteiger partial charge in [0.2, 0.25) is 10.0 Å². The number of sulfonamides is 1. The number of anilines is 1. The third kappa shape index (κ3) is 2.92. The summed E-state index contributed by atoms with van der Waals surface area (Å²) in [5.74, 6) is 0. The van der Waals surface area contributed by atoms with Crippen LogP contribution in [0.5, 0.6) is 0 Å². The van der Waals surface area contributed by atoms with Crippen LogP contribution in [0.4, 0.5) is 5.69 Å². The molecule has 1 N–H and O–H groups in total. The van der Waals surface area contributed by atoms with Crippen molar-refractivity contribution < 1.29 is 8.42 Å². The second kappa shape index (κ2) is 5.13. The van der Waals surface area contributed by atoms with E-state index in [2.05, 4.69) is 12.2 Å². The minimum Gasteiger partial charge on any atom is -0.379 e. The molecule has 19 heavy (non-hydrogen) atoms. The van der Waals surface area contributed by atoms with E-state index >= 15 is 0 Å². The van der Waals surface area contributed by atoms with E-state index in [1.807, 2.05) is 12.1 Å². The Kier molecular flexibility index (Phi) is 3.87. The van der Waals surface area contributed by atoms with Gasteiger partial charge in [-0.2, -0.15) is 0 Å². The Morgan fingerprint density at radius 2 is 1.74 bits per heavy atom. The van der Waals surface area contributed by atoms with E-state index in [1.165, 1.54) is 17.1 Å². The summed E-state index contributed by atoms with van der Waals surface area (Å²) < 4.78 is 25.9. The first-order valence-electron chi connectivity index (χ1n) is 6.65. The molecule has 0 aromatic heterocycles. The average Bonchev–Trinajstić information content (AvgIpc) is 2.76. The van der Waals surface area contributed by atoms with Gasteiger partial charge in [-0.15, -0.1) is 0 Å². The average molecular weight is 282 g/mol. The van der Waals surface area contributed by atoms with Crippen molar-refractivity contribution >= 4 is 15.7 Å². The lowest BCUT2D eigenvalue weighted by Crippen LogP contribution is -2.32. The molecule has 1 aliphatic carbocycles. The Balaban J connectivity index is 2.37. The molecular formula is C14H22N2O2S. The van der Waals surface area contributed by atoms with Crippen molar-refractivity contribution in [3.63, 3.8) is 0 Å². The van der Waals surface area contributed by atoms with Crippen molar-refractivity contribution in [2.24, 2.45) is 0 Å². The smallest absolute Gasteiger partial charge is 0.244 e. The molecule has 0 unspecified atom stereocenters. The lowest BCUT2D eigenvalue weighted by Gasteiger charge is -2.28. The highest BCUT2D eigenvalue weighted by atomic mass is 32.2. The van der Waals surface area contributed by atoms with Crippen molar-refractivity contribution in [2.45, 2.75) is 43.0 Å². The van der Waals surface area contributed by atoms with Crippen LogP contribution in [0.25, 0.3) is 0 Å². The third-order valence-electron chi connectivity index (χ3n) is 3.79. The van der Waals surface area contributed by atoms with Crippen molar-refractivity contribution in [3.8, 4) is 0 Å². The molecule has 2 rings (SSSR count). The Labute approximate surface area is 115 Å². The lowest BCUT2D eigenvalue weighted by molar-refractivity contribution is 0.516. The summed E-state index contributed by atoms with van der Waals surface area (Å²) in [4.78, 5) is 0.355. The van der Waals surface area contributed by atoms with Gasteiger partial charge in [-0.05, 0) is 31.9 Å². The van der Waals surface area contributed by atoms with Gasteiger partial charge in [-0.3, -0.25) is 0 Å². The van der Waals surface area contributed by atoms with Gasteiger partial charge in [0.05, 0.1) is 5.69 Å². The van der Waals surface area contributed by atoms with E-state index in [0.717, 1.165) is 12.8 Å². The van der Waals surface area contributed by atoms with Crippen molar-refractivity contribution in [1.29, 1.82) is 0 Å². The highest BCUT2D eigenvalue weighted by Crippen LogP contribution is 2.34. The van der Waals surface area contributed by atoms with Crippen molar-refractivity contribution in [1.82, 2.24) is 4.31 Å². The molecule has 1 aliphatic rings. The maximum absolute atomic E-state index is 12.3. The number of benzene rings is 1. The first-order valence-corrected chi connectivity index (χ1v) is 8.09. The van der Waals surface area contributed by atoms with Crippen LogP contribution in [0.3, 0.4) is 0 Å². The molecular weight excluding hydrogens is 260 g/mol. The van der Waals surface area contributed by atoms with Gasteiger partial charge < -0.3 is 5.32 Å². The van der Waals surface area contributed by atoms with Gasteiger partial charge in [-0.25, -0.2) is 12.7 Å². The summed E-state index contributed by atoms with van der Waals surface area (Å²) in [6, 6.07) is 7.14. The molecule has 0 spiro atoms. The number of hydrogen-bond donors (Lipinski definition) is 1. The number of hydrogen-bond acceptors (Lipinski definition) is 3. The van der Waals surface area contributed by atoms with Gasteiger partial charge in [0.1, 0.15) is 4.90 Å². The van der Waals surface area contributed by atoms with Crippen LogP contribution in [0.1, 0.15) is 32.6 Å². The quantitative estimate of drug-likeness (QED) is 0.923. The van der Waals surface area contributed by atoms with E-state index in [0.29, 0.717) is 10.6 Å². The number of para-hydroxylation sites is 1. The number of rotatable bonds is 4. The minimum absolute atomic E-state index is 0.0118. The van der Waals surface area contributed by atoms with Crippen LogP contribution < -0.4 is 5.32 Å². The van der Waals surface area contributed by atoms with Crippen LogP contribution in [-0.4, -0.2) is 32.4 Å². The van der Waals surface area contributed by atoms with Gasteiger partial charge in [0.25, 0.3) is 0 Å². The van der Waals surface area contributed by atoms with Crippen LogP contribution in [0, 0.1) is 0 Å². The van der Waals surface area contributed by atoms with Crippen LogP contribution in [0.15, 0.2) is 29.2 Å². The normalized spacial score (nSPS) is 18.7. The molecule has 1 saturated carbocycles. The first-order chi connectivity index (χ1) is 8.85. The van der Waals surface area contributed by atoms with Crippen molar-refractivity contribution in [2.75, 3.05) is 19.4 Å². The highest BCUT2D eigenvalue weighted by molar-refractivity contribution is 7.89. The van der Waals surface area contributed by atoms with E-state index in [1.54, 1.807) is 26.2 Å². The maximum Gasteiger partial charge on any atom is 0.244 e. The second-order valence-electron chi connectivity index (χ2n) is 5.68. The molecule has 0 bridgehead atoms. The molecule has 0 amide bonds. The summed E-state index contributed by atoms with van der Waals surface area (Å²) in [5.41, 5.74) is 0.721. The topological polar surface area (TPSA) is 49.4 Å². The Bertz CT molecular complexity index is 546. The fourth-order valence-electron chi connectivity index (χ4n) is 2.60. The van der Waals surface area contributed by atoms with Crippen molar-refractivity contribution in [3.05, 3.63) is 24.3 Å². The summed E-state index contributed by atoms with van der Waals surface area (Å²) in [7, 11) is -0.287. The fraction of sp³-hybridized carbons (Fsp3) is 0.571. The van der Waals surface area contributed by atoms with Gasteiger partial charge in [-0.1, -0.05) is 25.0 Å². The van der Waals surface area contributed by atoms with Gasteiger partial charge >= 0.3 is 0 Å². The van der Waals surface area contributed by atoms with E-state index in [9.17, 15) is 8.42 Å². The predicted molar refractivity (Wildman–Crippen MR) is 77.8 cm³/mol. The second-order valence-corrected chi connectivity index (χ2v) is 7.80. The summed E-state index contributed by atoms with van der Waals surface area (Å²) in [6.45, 7) is 2.17.